The molecule has 11 heteroatoms. The molecule has 0 bridgehead atoms. The number of rotatable bonds is 5. The first-order valence-electron chi connectivity index (χ1n) is 8.35. The number of benzene rings is 2. The topological polar surface area (TPSA) is 89.6 Å². The summed E-state index contributed by atoms with van der Waals surface area (Å²) < 4.78 is 47.4. The van der Waals surface area contributed by atoms with Crippen molar-refractivity contribution in [1.82, 2.24) is 4.37 Å². The minimum atomic E-state index is -4.42. The van der Waals surface area contributed by atoms with E-state index in [1.54, 1.807) is 19.1 Å². The summed E-state index contributed by atoms with van der Waals surface area (Å²) in [5.74, 6) is 5.39. The van der Waals surface area contributed by atoms with Crippen LogP contribution in [0.25, 0.3) is 0 Å². The molecule has 1 heterocycles. The smallest absolute Gasteiger partial charge is 0.416 e. The van der Waals surface area contributed by atoms with Gasteiger partial charge in [0, 0.05) is 5.56 Å². The summed E-state index contributed by atoms with van der Waals surface area (Å²) >= 11 is 7.10. The van der Waals surface area contributed by atoms with Gasteiger partial charge >= 0.3 is 6.18 Å². The predicted molar refractivity (Wildman–Crippen MR) is 109 cm³/mol. The highest BCUT2D eigenvalue weighted by atomic mass is 35.5. The van der Waals surface area contributed by atoms with E-state index in [1.165, 1.54) is 24.3 Å². The molecule has 30 heavy (non-hydrogen) atoms. The number of nitrogens with one attached hydrogen (secondary N) is 1. The predicted octanol–water partition coefficient (Wildman–Crippen LogP) is 5.22. The number of carbonyl (C=O) groups is 1. The first-order valence-corrected chi connectivity index (χ1v) is 9.50. The van der Waals surface area contributed by atoms with E-state index < -0.39 is 17.6 Å². The van der Waals surface area contributed by atoms with Crippen molar-refractivity contribution >= 4 is 39.8 Å². The van der Waals surface area contributed by atoms with Crippen LogP contribution in [0.5, 0.6) is 11.5 Å². The van der Waals surface area contributed by atoms with Crippen LogP contribution in [-0.4, -0.2) is 16.0 Å². The Bertz CT molecular complexity index is 1080. The van der Waals surface area contributed by atoms with Crippen LogP contribution >= 0.6 is 23.1 Å². The minimum Gasteiger partial charge on any atom is -0.457 e. The largest absolute Gasteiger partial charge is 0.457 e. The maximum absolute atomic E-state index is 12.6. The molecule has 3 N–H and O–H groups in total. The van der Waals surface area contributed by atoms with Crippen LogP contribution < -0.4 is 15.9 Å². The first-order chi connectivity index (χ1) is 14.2. The molecule has 0 spiro atoms. The fraction of sp³-hybridized carbons (Fsp3) is 0.105. The highest BCUT2D eigenvalue weighted by Crippen LogP contribution is 2.32. The zero-order chi connectivity index (χ0) is 21.9. The third-order valence-corrected chi connectivity index (χ3v) is 5.34. The Morgan fingerprint density at radius 1 is 1.13 bits per heavy atom. The number of aryl methyl sites for hydroxylation is 1. The molecule has 156 valence electrons. The van der Waals surface area contributed by atoms with Crippen molar-refractivity contribution in [2.24, 2.45) is 10.9 Å². The number of carbonyl (C=O) groups excluding carboxylic acids is 1. The third kappa shape index (κ3) is 4.89. The van der Waals surface area contributed by atoms with Gasteiger partial charge in [0.05, 0.1) is 16.3 Å². The second kappa shape index (κ2) is 8.72. The Labute approximate surface area is 178 Å². The van der Waals surface area contributed by atoms with Crippen LogP contribution in [-0.2, 0) is 11.0 Å². The van der Waals surface area contributed by atoms with Gasteiger partial charge in [-0.15, -0.1) is 0 Å². The van der Waals surface area contributed by atoms with Crippen LogP contribution in [0.2, 0.25) is 5.02 Å². The van der Waals surface area contributed by atoms with Gasteiger partial charge in [-0.1, -0.05) is 11.6 Å². The molecule has 0 unspecified atom stereocenters. The van der Waals surface area contributed by atoms with Crippen LogP contribution in [0.1, 0.15) is 16.8 Å². The number of hydrogen-bond acceptors (Lipinski definition) is 6. The lowest BCUT2D eigenvalue weighted by Crippen LogP contribution is -2.24. The van der Waals surface area contributed by atoms with Gasteiger partial charge in [-0.3, -0.25) is 4.79 Å². The summed E-state index contributed by atoms with van der Waals surface area (Å²) in [5.41, 5.74) is 0.189. The Kier molecular flexibility index (Phi) is 6.28. The Hall–Kier alpha value is -3.11. The van der Waals surface area contributed by atoms with E-state index in [-0.39, 0.29) is 11.5 Å². The number of nitrogens with two attached hydrogens (primary N) is 1. The zero-order valence-electron chi connectivity index (χ0n) is 15.3. The second-order valence-electron chi connectivity index (χ2n) is 5.99. The van der Waals surface area contributed by atoms with E-state index in [2.05, 4.69) is 14.8 Å². The third-order valence-electron chi connectivity index (χ3n) is 3.91. The van der Waals surface area contributed by atoms with Crippen LogP contribution in [0.15, 0.2) is 53.6 Å². The number of hydrogen-bond donors (Lipinski definition) is 2. The van der Waals surface area contributed by atoms with Gasteiger partial charge in [0.1, 0.15) is 16.5 Å². The summed E-state index contributed by atoms with van der Waals surface area (Å²) in [7, 11) is 0. The number of nitrogens with zero attached hydrogens (tertiary/aromatic N) is 2. The lowest BCUT2D eigenvalue weighted by molar-refractivity contribution is -0.137. The van der Waals surface area contributed by atoms with E-state index in [0.29, 0.717) is 27.0 Å². The van der Waals surface area contributed by atoms with Crippen molar-refractivity contribution in [3.63, 3.8) is 0 Å². The molecule has 0 atom stereocenters. The van der Waals surface area contributed by atoms with Gasteiger partial charge in [0.15, 0.2) is 5.71 Å². The molecule has 0 saturated heterocycles. The Morgan fingerprint density at radius 3 is 2.17 bits per heavy atom. The second-order valence-corrected chi connectivity index (χ2v) is 7.14. The molecule has 0 aliphatic rings. The highest BCUT2D eigenvalue weighted by Gasteiger charge is 2.30. The monoisotopic (exact) mass is 454 g/mol. The van der Waals surface area contributed by atoms with Crippen molar-refractivity contribution in [3.8, 4) is 11.5 Å². The SMILES string of the molecule is Cc1nsc(NC(=O)/C(=N/N)c2ccc(Oc3ccc(C(F)(F)F)cc3)cc2)c1Cl. The average Bonchev–Trinajstić information content (AvgIpc) is 3.02. The summed E-state index contributed by atoms with van der Waals surface area (Å²) in [6.45, 7) is 1.71. The average molecular weight is 455 g/mol. The minimum absolute atomic E-state index is 0.0433. The number of anilines is 1. The van der Waals surface area contributed by atoms with Gasteiger partial charge in [-0.05, 0) is 67.0 Å². The van der Waals surface area contributed by atoms with E-state index in [9.17, 15) is 18.0 Å². The van der Waals surface area contributed by atoms with Gasteiger partial charge in [0.25, 0.3) is 5.91 Å². The lowest BCUT2D eigenvalue weighted by Gasteiger charge is -2.10. The van der Waals surface area contributed by atoms with Gasteiger partial charge in [0.2, 0.25) is 0 Å². The summed E-state index contributed by atoms with van der Waals surface area (Å²) in [5, 5.41) is 6.85. The van der Waals surface area contributed by atoms with E-state index in [1.807, 2.05) is 0 Å². The first kappa shape index (κ1) is 21.6. The van der Waals surface area contributed by atoms with Gasteiger partial charge in [-0.25, -0.2) is 0 Å². The molecule has 2 aromatic carbocycles. The zero-order valence-corrected chi connectivity index (χ0v) is 16.9. The Morgan fingerprint density at radius 2 is 1.70 bits per heavy atom. The van der Waals surface area contributed by atoms with Crippen LogP contribution in [0, 0.1) is 6.92 Å². The molecule has 0 aliphatic heterocycles. The molecular weight excluding hydrogens is 441 g/mol. The molecule has 0 radical (unpaired) electrons. The molecule has 3 aromatic rings. The maximum Gasteiger partial charge on any atom is 0.416 e. The number of amides is 1. The van der Waals surface area contributed by atoms with E-state index >= 15 is 0 Å². The standard InChI is InChI=1S/C19H14ClF3N4O2S/c1-10-15(20)18(30-27-10)25-17(28)16(26-24)11-2-6-13(7-3-11)29-14-8-4-12(5-9-14)19(21,22)23/h2-9H,24H2,1H3,(H,25,28)/b26-16+. The maximum atomic E-state index is 12.6. The van der Waals surface area contributed by atoms with E-state index in [4.69, 9.17) is 22.2 Å². The number of hydrazone groups is 1. The van der Waals surface area contributed by atoms with Crippen molar-refractivity contribution in [2.75, 3.05) is 5.32 Å². The van der Waals surface area contributed by atoms with Crippen molar-refractivity contribution in [2.45, 2.75) is 13.1 Å². The normalized spacial score (nSPS) is 12.0. The molecule has 1 amide bonds. The van der Waals surface area contributed by atoms with Crippen LogP contribution in [0.4, 0.5) is 18.2 Å². The lowest BCUT2D eigenvalue weighted by atomic mass is 10.1. The molecular formula is C19H14ClF3N4O2S. The molecule has 0 fully saturated rings. The molecule has 1 aromatic heterocycles. The summed E-state index contributed by atoms with van der Waals surface area (Å²) in [6.07, 6.45) is -4.42. The highest BCUT2D eigenvalue weighted by molar-refractivity contribution is 7.11. The number of halogens is 4. The number of ether oxygens (including phenoxy) is 1. The quantitative estimate of drug-likeness (QED) is 0.314. The fourth-order valence-corrected chi connectivity index (χ4v) is 3.32. The van der Waals surface area contributed by atoms with Crippen molar-refractivity contribution < 1.29 is 22.7 Å². The van der Waals surface area contributed by atoms with Gasteiger partial charge in [-0.2, -0.15) is 22.6 Å². The van der Waals surface area contributed by atoms with Crippen molar-refractivity contribution in [1.29, 1.82) is 0 Å². The summed E-state index contributed by atoms with van der Waals surface area (Å²) in [6, 6.07) is 10.5. The molecule has 6 nitrogen and oxygen atoms in total. The van der Waals surface area contributed by atoms with Crippen LogP contribution in [0.3, 0.4) is 0 Å². The van der Waals surface area contributed by atoms with E-state index in [0.717, 1.165) is 23.7 Å². The number of aromatic nitrogens is 1. The number of alkyl halides is 3. The van der Waals surface area contributed by atoms with Crippen molar-refractivity contribution in [3.05, 3.63) is 70.4 Å². The van der Waals surface area contributed by atoms with Gasteiger partial charge < -0.3 is 15.9 Å². The molecule has 0 aliphatic carbocycles. The summed E-state index contributed by atoms with van der Waals surface area (Å²) in [4.78, 5) is 12.5. The Balaban J connectivity index is 1.70. The fourth-order valence-electron chi connectivity index (χ4n) is 2.39. The molecule has 0 saturated carbocycles. The molecule has 3 rings (SSSR count).